The Balaban J connectivity index is 1.80. The van der Waals surface area contributed by atoms with Gasteiger partial charge in [0.1, 0.15) is 17.9 Å². The van der Waals surface area contributed by atoms with Crippen LogP contribution in [0.5, 0.6) is 5.75 Å². The molecule has 1 aromatic rings. The van der Waals surface area contributed by atoms with Gasteiger partial charge in [-0.05, 0) is 18.6 Å². The van der Waals surface area contributed by atoms with Crippen LogP contribution in [-0.4, -0.2) is 34.7 Å². The summed E-state index contributed by atoms with van der Waals surface area (Å²) in [4.78, 5) is 10.6. The molecule has 1 aliphatic heterocycles. The molecule has 0 saturated carbocycles. The molecule has 4 nitrogen and oxygen atoms in total. The van der Waals surface area contributed by atoms with Crippen molar-refractivity contribution in [2.45, 2.75) is 25.5 Å². The van der Waals surface area contributed by atoms with Gasteiger partial charge in [-0.1, -0.05) is 17.7 Å². The predicted molar refractivity (Wildman–Crippen MR) is 72.2 cm³/mol. The van der Waals surface area contributed by atoms with Gasteiger partial charge in [-0.25, -0.2) is 0 Å². The lowest BCUT2D eigenvalue weighted by Crippen LogP contribution is -2.33. The molecule has 5 heteroatoms. The maximum atomic E-state index is 10.6. The number of benzene rings is 1. The van der Waals surface area contributed by atoms with E-state index in [1.807, 2.05) is 12.1 Å². The number of aryl methyl sites for hydroxylation is 1. The van der Waals surface area contributed by atoms with Gasteiger partial charge in [0, 0.05) is 17.9 Å². The van der Waals surface area contributed by atoms with E-state index in [1.165, 1.54) is 22.9 Å². The fraction of sp³-hybridized carbons (Fsp3) is 0.462. The Morgan fingerprint density at radius 1 is 1.67 bits per heavy atom. The first-order valence-electron chi connectivity index (χ1n) is 5.88. The van der Waals surface area contributed by atoms with Crippen molar-refractivity contribution in [2.75, 3.05) is 11.5 Å². The molecule has 2 atom stereocenters. The summed E-state index contributed by atoms with van der Waals surface area (Å²) in [5.74, 6) is 1.20. The fourth-order valence-corrected chi connectivity index (χ4v) is 2.92. The third kappa shape index (κ3) is 3.17. The first-order chi connectivity index (χ1) is 8.56. The number of carbonyl (C=O) groups is 1. The summed E-state index contributed by atoms with van der Waals surface area (Å²) in [6.45, 7) is 2.06. The van der Waals surface area contributed by atoms with Gasteiger partial charge in [-0.15, -0.1) is 0 Å². The van der Waals surface area contributed by atoms with Crippen molar-refractivity contribution >= 4 is 17.7 Å². The minimum Gasteiger partial charge on any atom is -0.489 e. The van der Waals surface area contributed by atoms with Crippen LogP contribution < -0.4 is 10.5 Å². The Morgan fingerprint density at radius 2 is 2.44 bits per heavy atom. The second-order valence-corrected chi connectivity index (χ2v) is 5.61. The molecule has 2 unspecified atom stereocenters. The summed E-state index contributed by atoms with van der Waals surface area (Å²) >= 11 is 1.53. The zero-order chi connectivity index (χ0) is 13.1. The third-order valence-corrected chi connectivity index (χ3v) is 4.08. The van der Waals surface area contributed by atoms with Gasteiger partial charge >= 0.3 is 5.97 Å². The second kappa shape index (κ2) is 5.63. The van der Waals surface area contributed by atoms with E-state index in [1.54, 1.807) is 0 Å². The number of nitrogens with two attached hydrogens (primary N) is 1. The molecule has 0 radical (unpaired) electrons. The Hall–Kier alpha value is -1.20. The van der Waals surface area contributed by atoms with Gasteiger partial charge < -0.3 is 15.6 Å². The van der Waals surface area contributed by atoms with Crippen molar-refractivity contribution in [2.24, 2.45) is 5.73 Å². The van der Waals surface area contributed by atoms with Crippen LogP contribution in [0.25, 0.3) is 0 Å². The van der Waals surface area contributed by atoms with Gasteiger partial charge in [0.2, 0.25) is 0 Å². The van der Waals surface area contributed by atoms with Crippen molar-refractivity contribution in [3.63, 3.8) is 0 Å². The van der Waals surface area contributed by atoms with Crippen molar-refractivity contribution in [1.29, 1.82) is 0 Å². The van der Waals surface area contributed by atoms with E-state index in [2.05, 4.69) is 13.0 Å². The second-order valence-electron chi connectivity index (χ2n) is 4.54. The number of hydrogen-bond donors (Lipinski definition) is 2. The maximum absolute atomic E-state index is 10.6. The summed E-state index contributed by atoms with van der Waals surface area (Å²) in [7, 11) is 0. The van der Waals surface area contributed by atoms with E-state index >= 15 is 0 Å². The van der Waals surface area contributed by atoms with E-state index in [0.29, 0.717) is 5.75 Å². The first kappa shape index (κ1) is 13.2. The molecular formula is C13H17NO3S. The highest BCUT2D eigenvalue weighted by atomic mass is 32.2. The molecule has 1 heterocycles. The molecule has 2 rings (SSSR count). The predicted octanol–water partition coefficient (Wildman–Crippen LogP) is 1.44. The van der Waals surface area contributed by atoms with Gasteiger partial charge in [-0.2, -0.15) is 11.8 Å². The summed E-state index contributed by atoms with van der Waals surface area (Å²) in [5, 5.41) is 8.68. The zero-order valence-corrected chi connectivity index (χ0v) is 11.1. The highest BCUT2D eigenvalue weighted by molar-refractivity contribution is 7.99. The van der Waals surface area contributed by atoms with Crippen LogP contribution in [0.15, 0.2) is 18.2 Å². The van der Waals surface area contributed by atoms with E-state index < -0.39 is 12.0 Å². The number of hydrogen-bond acceptors (Lipinski definition) is 4. The van der Waals surface area contributed by atoms with Crippen LogP contribution in [0.2, 0.25) is 0 Å². The summed E-state index contributed by atoms with van der Waals surface area (Å²) in [5.41, 5.74) is 7.92. The molecule has 1 aliphatic rings. The van der Waals surface area contributed by atoms with Crippen LogP contribution in [-0.2, 0) is 11.2 Å². The SMILES string of the molecule is Cc1ccc2c(c1)CC(CSCC(N)C(=O)O)O2. The number of aliphatic carboxylic acids is 1. The smallest absolute Gasteiger partial charge is 0.321 e. The Kier molecular flexibility index (Phi) is 4.14. The van der Waals surface area contributed by atoms with Gasteiger partial charge in [0.05, 0.1) is 0 Å². The van der Waals surface area contributed by atoms with Crippen molar-refractivity contribution in [1.82, 2.24) is 0 Å². The number of rotatable bonds is 5. The normalized spacial score (nSPS) is 19.1. The number of carboxylic acids is 1. The highest BCUT2D eigenvalue weighted by Crippen LogP contribution is 2.30. The Labute approximate surface area is 111 Å². The topological polar surface area (TPSA) is 72.6 Å². The molecule has 0 spiro atoms. The number of thioether (sulfide) groups is 1. The molecule has 0 saturated heterocycles. The quantitative estimate of drug-likeness (QED) is 0.844. The van der Waals surface area contributed by atoms with Gasteiger partial charge in [0.15, 0.2) is 0 Å². The molecule has 3 N–H and O–H groups in total. The summed E-state index contributed by atoms with van der Waals surface area (Å²) < 4.78 is 5.80. The minimum atomic E-state index is -0.950. The molecule has 1 aromatic carbocycles. The molecule has 0 bridgehead atoms. The summed E-state index contributed by atoms with van der Waals surface area (Å²) in [6, 6.07) is 5.39. The monoisotopic (exact) mass is 267 g/mol. The Morgan fingerprint density at radius 3 is 3.17 bits per heavy atom. The molecule has 0 aromatic heterocycles. The molecule has 18 heavy (non-hydrogen) atoms. The van der Waals surface area contributed by atoms with Gasteiger partial charge in [0.25, 0.3) is 0 Å². The molecule has 0 fully saturated rings. The average molecular weight is 267 g/mol. The van der Waals surface area contributed by atoms with E-state index in [0.717, 1.165) is 17.9 Å². The molecular weight excluding hydrogens is 250 g/mol. The van der Waals surface area contributed by atoms with Crippen LogP contribution in [0.4, 0.5) is 0 Å². The third-order valence-electron chi connectivity index (χ3n) is 2.88. The molecule has 0 aliphatic carbocycles. The summed E-state index contributed by atoms with van der Waals surface area (Å²) in [6.07, 6.45) is 1.03. The van der Waals surface area contributed by atoms with Crippen molar-refractivity contribution < 1.29 is 14.6 Å². The van der Waals surface area contributed by atoms with E-state index in [-0.39, 0.29) is 6.10 Å². The van der Waals surface area contributed by atoms with Crippen LogP contribution >= 0.6 is 11.8 Å². The van der Waals surface area contributed by atoms with E-state index in [9.17, 15) is 4.79 Å². The molecule has 0 amide bonds. The lowest BCUT2D eigenvalue weighted by Gasteiger charge is -2.11. The largest absolute Gasteiger partial charge is 0.489 e. The number of fused-ring (bicyclic) bond motifs is 1. The lowest BCUT2D eigenvalue weighted by molar-refractivity contribution is -0.137. The zero-order valence-electron chi connectivity index (χ0n) is 10.3. The number of ether oxygens (including phenoxy) is 1. The number of carboxylic acid groups (broad SMARTS) is 1. The Bertz CT molecular complexity index is 450. The lowest BCUT2D eigenvalue weighted by atomic mass is 10.1. The van der Waals surface area contributed by atoms with Crippen molar-refractivity contribution in [3.8, 4) is 5.75 Å². The molecule has 98 valence electrons. The van der Waals surface area contributed by atoms with Crippen LogP contribution in [0.3, 0.4) is 0 Å². The average Bonchev–Trinajstić information content (AvgIpc) is 2.70. The van der Waals surface area contributed by atoms with Crippen LogP contribution in [0.1, 0.15) is 11.1 Å². The highest BCUT2D eigenvalue weighted by Gasteiger charge is 2.23. The minimum absolute atomic E-state index is 0.132. The maximum Gasteiger partial charge on any atom is 0.321 e. The van der Waals surface area contributed by atoms with E-state index in [4.69, 9.17) is 15.6 Å². The van der Waals surface area contributed by atoms with Crippen molar-refractivity contribution in [3.05, 3.63) is 29.3 Å². The van der Waals surface area contributed by atoms with Crippen LogP contribution in [0, 0.1) is 6.92 Å². The van der Waals surface area contributed by atoms with Gasteiger partial charge in [-0.3, -0.25) is 4.79 Å². The first-order valence-corrected chi connectivity index (χ1v) is 7.04. The standard InChI is InChI=1S/C13H17NO3S/c1-8-2-3-12-9(4-8)5-10(17-12)6-18-7-11(14)13(15)16/h2-4,10-11H,5-7,14H2,1H3,(H,15,16). The fourth-order valence-electron chi connectivity index (χ4n) is 1.94.